The van der Waals surface area contributed by atoms with Gasteiger partial charge in [0.05, 0.1) is 17.2 Å². The Hall–Kier alpha value is -2.16. The Morgan fingerprint density at radius 3 is 2.85 bits per heavy atom. The van der Waals surface area contributed by atoms with E-state index in [0.29, 0.717) is 27.3 Å². The number of amides is 2. The first-order valence-electron chi connectivity index (χ1n) is 8.39. The molecule has 0 spiro atoms. The Morgan fingerprint density at radius 1 is 1.30 bits per heavy atom. The number of carbonyl (C=O) groups is 2. The van der Waals surface area contributed by atoms with Crippen molar-refractivity contribution in [2.45, 2.75) is 13.3 Å². The van der Waals surface area contributed by atoms with E-state index in [-0.39, 0.29) is 24.8 Å². The van der Waals surface area contributed by atoms with Crippen molar-refractivity contribution in [2.75, 3.05) is 18.5 Å². The molecule has 27 heavy (non-hydrogen) atoms. The molecule has 1 N–H and O–H groups in total. The molecule has 1 fully saturated rings. The summed E-state index contributed by atoms with van der Waals surface area (Å²) >= 11 is 8.13. The summed E-state index contributed by atoms with van der Waals surface area (Å²) in [4.78, 5) is 27.9. The highest BCUT2D eigenvalue weighted by Gasteiger charge is 2.32. The molecule has 140 valence electrons. The van der Waals surface area contributed by atoms with E-state index in [2.05, 4.69) is 5.32 Å². The van der Waals surface area contributed by atoms with Gasteiger partial charge in [0, 0.05) is 17.8 Å². The van der Waals surface area contributed by atoms with Gasteiger partial charge in [-0.05, 0) is 36.6 Å². The van der Waals surface area contributed by atoms with Gasteiger partial charge in [0.1, 0.15) is 10.1 Å². The van der Waals surface area contributed by atoms with E-state index < -0.39 is 0 Å². The summed E-state index contributed by atoms with van der Waals surface area (Å²) in [5.74, 6) is 0.275. The third-order valence-electron chi connectivity index (χ3n) is 3.71. The molecule has 0 bridgehead atoms. The van der Waals surface area contributed by atoms with Crippen LogP contribution in [0, 0.1) is 0 Å². The zero-order chi connectivity index (χ0) is 19.2. The van der Waals surface area contributed by atoms with Crippen molar-refractivity contribution < 1.29 is 14.3 Å². The molecule has 2 amide bonds. The molecule has 0 aliphatic carbocycles. The van der Waals surface area contributed by atoms with E-state index in [1.807, 2.05) is 42.6 Å². The molecule has 2 heterocycles. The van der Waals surface area contributed by atoms with Crippen LogP contribution in [-0.2, 0) is 9.59 Å². The molecule has 8 heteroatoms. The normalized spacial score (nSPS) is 15.4. The molecule has 2 aromatic rings. The molecule has 1 aliphatic heterocycles. The van der Waals surface area contributed by atoms with Crippen LogP contribution >= 0.6 is 35.3 Å². The monoisotopic (exact) mass is 418 g/mol. The van der Waals surface area contributed by atoms with Crippen LogP contribution in [0.3, 0.4) is 0 Å². The summed E-state index contributed by atoms with van der Waals surface area (Å²) in [5, 5.41) is 4.79. The highest BCUT2D eigenvalue weighted by atomic mass is 32.2. The number of ether oxygens (including phenoxy) is 1. The standard InChI is InChI=1S/C19H18N2O3S3/c1-2-24-15-8-4-3-7-14(15)20-17(22)9-10-21-18(23)16(27-19(21)25)12-13-6-5-11-26-13/h3-8,11-12H,2,9-10H2,1H3,(H,20,22)/b16-12-. The highest BCUT2D eigenvalue weighted by molar-refractivity contribution is 8.26. The number of nitrogens with one attached hydrogen (secondary N) is 1. The molecule has 0 saturated carbocycles. The summed E-state index contributed by atoms with van der Waals surface area (Å²) in [6.45, 7) is 2.65. The second-order valence-electron chi connectivity index (χ2n) is 5.58. The summed E-state index contributed by atoms with van der Waals surface area (Å²) in [7, 11) is 0. The van der Waals surface area contributed by atoms with Crippen LogP contribution in [0.1, 0.15) is 18.2 Å². The first-order chi connectivity index (χ1) is 13.1. The van der Waals surface area contributed by atoms with E-state index in [9.17, 15) is 9.59 Å². The molecule has 1 aliphatic rings. The molecule has 0 radical (unpaired) electrons. The quantitative estimate of drug-likeness (QED) is 0.534. The molecule has 0 unspecified atom stereocenters. The van der Waals surface area contributed by atoms with Gasteiger partial charge in [-0.3, -0.25) is 14.5 Å². The maximum absolute atomic E-state index is 12.6. The Balaban J connectivity index is 1.59. The van der Waals surface area contributed by atoms with Crippen molar-refractivity contribution in [1.29, 1.82) is 0 Å². The average Bonchev–Trinajstić information content (AvgIpc) is 3.24. The van der Waals surface area contributed by atoms with E-state index >= 15 is 0 Å². The second kappa shape index (κ2) is 9.16. The van der Waals surface area contributed by atoms with Gasteiger partial charge in [-0.15, -0.1) is 11.3 Å². The topological polar surface area (TPSA) is 58.6 Å². The van der Waals surface area contributed by atoms with E-state index in [1.165, 1.54) is 16.7 Å². The summed E-state index contributed by atoms with van der Waals surface area (Å²) in [6.07, 6.45) is 1.99. The van der Waals surface area contributed by atoms with E-state index in [1.54, 1.807) is 23.5 Å². The predicted octanol–water partition coefficient (Wildman–Crippen LogP) is 4.38. The zero-order valence-electron chi connectivity index (χ0n) is 14.6. The maximum Gasteiger partial charge on any atom is 0.266 e. The third-order valence-corrected chi connectivity index (χ3v) is 5.91. The first-order valence-corrected chi connectivity index (χ1v) is 10.5. The lowest BCUT2D eigenvalue weighted by atomic mass is 10.2. The fourth-order valence-electron chi connectivity index (χ4n) is 2.47. The van der Waals surface area contributed by atoms with Crippen LogP contribution in [0.2, 0.25) is 0 Å². The van der Waals surface area contributed by atoms with Gasteiger partial charge in [0.25, 0.3) is 5.91 Å². The smallest absolute Gasteiger partial charge is 0.266 e. The molecule has 5 nitrogen and oxygen atoms in total. The van der Waals surface area contributed by atoms with Crippen molar-refractivity contribution in [3.8, 4) is 5.75 Å². The number of para-hydroxylation sites is 2. The van der Waals surface area contributed by atoms with Gasteiger partial charge in [-0.2, -0.15) is 0 Å². The fourth-order valence-corrected chi connectivity index (χ4v) is 4.50. The van der Waals surface area contributed by atoms with E-state index in [0.717, 1.165) is 4.88 Å². The van der Waals surface area contributed by atoms with Gasteiger partial charge in [0.15, 0.2) is 0 Å². The lowest BCUT2D eigenvalue weighted by Crippen LogP contribution is -2.31. The third kappa shape index (κ3) is 4.97. The first kappa shape index (κ1) is 19.6. The van der Waals surface area contributed by atoms with Gasteiger partial charge in [-0.1, -0.05) is 42.2 Å². The number of rotatable bonds is 7. The van der Waals surface area contributed by atoms with Crippen LogP contribution in [0.15, 0.2) is 46.7 Å². The average molecular weight is 419 g/mol. The number of carbonyl (C=O) groups excluding carboxylic acids is 2. The maximum atomic E-state index is 12.6. The largest absolute Gasteiger partial charge is 0.492 e. The number of hydrogen-bond donors (Lipinski definition) is 1. The SMILES string of the molecule is CCOc1ccccc1NC(=O)CCN1C(=O)/C(=C/c2cccs2)SC1=S. The molecular formula is C19H18N2O3S3. The van der Waals surface area contributed by atoms with Crippen molar-refractivity contribution in [1.82, 2.24) is 4.90 Å². The second-order valence-corrected chi connectivity index (χ2v) is 8.23. The van der Waals surface area contributed by atoms with E-state index in [4.69, 9.17) is 17.0 Å². The van der Waals surface area contributed by atoms with Gasteiger partial charge < -0.3 is 10.1 Å². The molecule has 1 saturated heterocycles. The Kier molecular flexibility index (Phi) is 6.65. The van der Waals surface area contributed by atoms with Gasteiger partial charge in [-0.25, -0.2) is 0 Å². The van der Waals surface area contributed by atoms with Crippen molar-refractivity contribution in [3.05, 3.63) is 51.6 Å². The zero-order valence-corrected chi connectivity index (χ0v) is 17.1. The highest BCUT2D eigenvalue weighted by Crippen LogP contribution is 2.33. The van der Waals surface area contributed by atoms with Gasteiger partial charge >= 0.3 is 0 Å². The number of anilines is 1. The number of thiocarbonyl (C=S) groups is 1. The lowest BCUT2D eigenvalue weighted by molar-refractivity contribution is -0.122. The van der Waals surface area contributed by atoms with Crippen LogP contribution in [0.5, 0.6) is 5.75 Å². The Morgan fingerprint density at radius 2 is 2.11 bits per heavy atom. The Bertz CT molecular complexity index is 878. The number of hydrogen-bond acceptors (Lipinski definition) is 6. The van der Waals surface area contributed by atoms with Crippen LogP contribution in [0.4, 0.5) is 5.69 Å². The summed E-state index contributed by atoms with van der Waals surface area (Å²) < 4.78 is 5.98. The number of benzene rings is 1. The summed E-state index contributed by atoms with van der Waals surface area (Å²) in [6, 6.07) is 11.1. The Labute approximate surface area is 171 Å². The lowest BCUT2D eigenvalue weighted by Gasteiger charge is -2.15. The van der Waals surface area contributed by atoms with Crippen molar-refractivity contribution in [3.63, 3.8) is 0 Å². The molecule has 1 aromatic carbocycles. The molecule has 3 rings (SSSR count). The molecule has 0 atom stereocenters. The van der Waals surface area contributed by atoms with Crippen LogP contribution in [-0.4, -0.2) is 34.2 Å². The van der Waals surface area contributed by atoms with Crippen LogP contribution < -0.4 is 10.1 Å². The predicted molar refractivity (Wildman–Crippen MR) is 115 cm³/mol. The minimum atomic E-state index is -0.196. The van der Waals surface area contributed by atoms with Gasteiger partial charge in [0.2, 0.25) is 5.91 Å². The minimum absolute atomic E-state index is 0.152. The molecular weight excluding hydrogens is 400 g/mol. The minimum Gasteiger partial charge on any atom is -0.492 e. The van der Waals surface area contributed by atoms with Crippen molar-refractivity contribution in [2.24, 2.45) is 0 Å². The number of thioether (sulfide) groups is 1. The number of thiophene rings is 1. The fraction of sp³-hybridized carbons (Fsp3) is 0.211. The van der Waals surface area contributed by atoms with Crippen molar-refractivity contribution >= 4 is 63.2 Å². The number of nitrogens with zero attached hydrogens (tertiary/aromatic N) is 1. The van der Waals surface area contributed by atoms with Crippen LogP contribution in [0.25, 0.3) is 6.08 Å². The molecule has 1 aromatic heterocycles. The summed E-state index contributed by atoms with van der Waals surface area (Å²) in [5.41, 5.74) is 0.618.